The van der Waals surface area contributed by atoms with E-state index in [1.807, 2.05) is 0 Å². The number of aromatic amines is 1. The van der Waals surface area contributed by atoms with Gasteiger partial charge in [-0.3, -0.25) is 4.79 Å². The monoisotopic (exact) mass is 295 g/mol. The number of halogens is 1. The van der Waals surface area contributed by atoms with Gasteiger partial charge in [0, 0.05) is 23.0 Å². The predicted molar refractivity (Wildman–Crippen MR) is 75.4 cm³/mol. The number of aromatic nitrogens is 1. The lowest BCUT2D eigenvalue weighted by molar-refractivity contribution is 0.215. The number of rotatable bonds is 6. The first-order valence-corrected chi connectivity index (χ1v) is 6.40. The minimum Gasteiger partial charge on any atom is -0.490 e. The molecule has 0 fully saturated rings. The molecule has 0 unspecified atom stereocenters. The van der Waals surface area contributed by atoms with Crippen LogP contribution >= 0.6 is 11.6 Å². The highest BCUT2D eigenvalue weighted by molar-refractivity contribution is 6.30. The highest BCUT2D eigenvalue weighted by Gasteiger charge is 2.02. The first-order chi connectivity index (χ1) is 9.69. The van der Waals surface area contributed by atoms with E-state index in [1.54, 1.807) is 24.3 Å². The Labute approximate surface area is 120 Å². The van der Waals surface area contributed by atoms with Crippen molar-refractivity contribution in [3.8, 4) is 11.5 Å². The smallest absolute Gasteiger partial charge is 0.223 e. The molecule has 1 heterocycles. The summed E-state index contributed by atoms with van der Waals surface area (Å²) in [6, 6.07) is 8.28. The van der Waals surface area contributed by atoms with Gasteiger partial charge >= 0.3 is 0 Å². The van der Waals surface area contributed by atoms with Gasteiger partial charge in [-0.15, -0.1) is 0 Å². The van der Waals surface area contributed by atoms with Crippen LogP contribution in [0, 0.1) is 0 Å². The van der Waals surface area contributed by atoms with E-state index in [9.17, 15) is 4.79 Å². The van der Waals surface area contributed by atoms with Crippen molar-refractivity contribution in [2.75, 3.05) is 13.2 Å². The minimum absolute atomic E-state index is 0.196. The number of pyridine rings is 1. The van der Waals surface area contributed by atoms with Crippen LogP contribution in [0.15, 0.2) is 41.3 Å². The summed E-state index contributed by atoms with van der Waals surface area (Å²) in [6.45, 7) is 0.336. The van der Waals surface area contributed by atoms with Crippen molar-refractivity contribution in [1.29, 1.82) is 0 Å². The van der Waals surface area contributed by atoms with Crippen LogP contribution in [0.25, 0.3) is 0 Å². The first kappa shape index (κ1) is 14.4. The quantitative estimate of drug-likeness (QED) is 0.799. The summed E-state index contributed by atoms with van der Waals surface area (Å²) in [4.78, 5) is 14.4. The van der Waals surface area contributed by atoms with Crippen molar-refractivity contribution in [3.05, 3.63) is 57.5 Å². The third-order valence-electron chi connectivity index (χ3n) is 2.53. The summed E-state index contributed by atoms with van der Waals surface area (Å²) in [7, 11) is 0. The van der Waals surface area contributed by atoms with Gasteiger partial charge < -0.3 is 19.6 Å². The Hall–Kier alpha value is -1.98. The van der Waals surface area contributed by atoms with E-state index in [1.165, 1.54) is 12.3 Å². The SMILES string of the molecule is O=c1cc(CO)[nH]cc1OCCOc1ccc(Cl)cc1. The average molecular weight is 296 g/mol. The molecule has 106 valence electrons. The molecule has 6 heteroatoms. The van der Waals surface area contributed by atoms with Gasteiger partial charge in [-0.25, -0.2) is 0 Å². The standard InChI is InChI=1S/C14H14ClNO4/c15-10-1-3-12(4-2-10)19-5-6-20-14-8-16-11(9-17)7-13(14)18/h1-4,7-8,17H,5-6,9H2,(H,16,18). The molecule has 0 aliphatic carbocycles. The normalized spacial score (nSPS) is 10.3. The lowest BCUT2D eigenvalue weighted by Gasteiger charge is -2.08. The third kappa shape index (κ3) is 4.01. The van der Waals surface area contributed by atoms with Gasteiger partial charge in [-0.1, -0.05) is 11.6 Å². The van der Waals surface area contributed by atoms with Crippen molar-refractivity contribution in [1.82, 2.24) is 4.98 Å². The van der Waals surface area contributed by atoms with Crippen molar-refractivity contribution < 1.29 is 14.6 Å². The first-order valence-electron chi connectivity index (χ1n) is 6.02. The van der Waals surface area contributed by atoms with Gasteiger partial charge in [0.05, 0.1) is 6.61 Å². The number of benzene rings is 1. The number of H-pyrrole nitrogens is 1. The fourth-order valence-corrected chi connectivity index (χ4v) is 1.67. The largest absolute Gasteiger partial charge is 0.490 e. The minimum atomic E-state index is -0.278. The van der Waals surface area contributed by atoms with Crippen LogP contribution in [0.1, 0.15) is 5.69 Å². The molecule has 0 atom stereocenters. The van der Waals surface area contributed by atoms with E-state index >= 15 is 0 Å². The fraction of sp³-hybridized carbons (Fsp3) is 0.214. The maximum Gasteiger partial charge on any atom is 0.223 e. The van der Waals surface area contributed by atoms with Crippen LogP contribution in [0.4, 0.5) is 0 Å². The molecule has 1 aromatic carbocycles. The Bertz CT molecular complexity index is 609. The second kappa shape index (κ2) is 6.98. The Kier molecular flexibility index (Phi) is 5.03. The highest BCUT2D eigenvalue weighted by Crippen LogP contribution is 2.15. The maximum atomic E-state index is 11.6. The van der Waals surface area contributed by atoms with E-state index in [-0.39, 0.29) is 24.4 Å². The molecular formula is C14H14ClNO4. The Balaban J connectivity index is 1.81. The molecule has 5 nitrogen and oxygen atoms in total. The lowest BCUT2D eigenvalue weighted by Crippen LogP contribution is -2.14. The van der Waals surface area contributed by atoms with Crippen molar-refractivity contribution in [2.45, 2.75) is 6.61 Å². The molecule has 2 rings (SSSR count). The highest BCUT2D eigenvalue weighted by atomic mass is 35.5. The molecule has 0 aliphatic heterocycles. The summed E-state index contributed by atoms with van der Waals surface area (Å²) in [5.41, 5.74) is 0.166. The third-order valence-corrected chi connectivity index (χ3v) is 2.78. The topological polar surface area (TPSA) is 71.5 Å². The zero-order valence-corrected chi connectivity index (χ0v) is 11.4. The van der Waals surface area contributed by atoms with Gasteiger partial charge in [0.2, 0.25) is 5.43 Å². The zero-order valence-electron chi connectivity index (χ0n) is 10.6. The van der Waals surface area contributed by atoms with E-state index in [4.69, 9.17) is 26.2 Å². The number of nitrogens with one attached hydrogen (secondary N) is 1. The van der Waals surface area contributed by atoms with Crippen molar-refractivity contribution in [3.63, 3.8) is 0 Å². The van der Waals surface area contributed by atoms with Gasteiger partial charge in [0.25, 0.3) is 0 Å². The predicted octanol–water partition coefficient (Wildman–Crippen LogP) is 1.98. The zero-order chi connectivity index (χ0) is 14.4. The molecule has 0 saturated carbocycles. The van der Waals surface area contributed by atoms with Gasteiger partial charge in [-0.2, -0.15) is 0 Å². The van der Waals surface area contributed by atoms with Crippen molar-refractivity contribution >= 4 is 11.6 Å². The second-order valence-corrected chi connectivity index (χ2v) is 4.43. The Morgan fingerprint density at radius 1 is 1.15 bits per heavy atom. The number of aliphatic hydroxyl groups excluding tert-OH is 1. The number of ether oxygens (including phenoxy) is 2. The molecule has 2 aromatic rings. The molecule has 1 aromatic heterocycles. The molecule has 0 amide bonds. The molecule has 0 radical (unpaired) electrons. The molecule has 20 heavy (non-hydrogen) atoms. The van der Waals surface area contributed by atoms with Gasteiger partial charge in [0.1, 0.15) is 19.0 Å². The van der Waals surface area contributed by atoms with Crippen LogP contribution in [0.3, 0.4) is 0 Å². The summed E-state index contributed by atoms with van der Waals surface area (Å²) in [5.74, 6) is 0.879. The van der Waals surface area contributed by atoms with Crippen LogP contribution in [0.2, 0.25) is 5.02 Å². The number of hydrogen-bond donors (Lipinski definition) is 2. The fourth-order valence-electron chi connectivity index (χ4n) is 1.55. The van der Waals surface area contributed by atoms with Crippen LogP contribution in [0.5, 0.6) is 11.5 Å². The van der Waals surface area contributed by atoms with Crippen molar-refractivity contribution in [2.24, 2.45) is 0 Å². The maximum absolute atomic E-state index is 11.6. The van der Waals surface area contributed by atoms with E-state index < -0.39 is 0 Å². The van der Waals surface area contributed by atoms with Gasteiger partial charge in [0.15, 0.2) is 5.75 Å². The number of hydrogen-bond acceptors (Lipinski definition) is 4. The Morgan fingerprint density at radius 3 is 2.50 bits per heavy atom. The van der Waals surface area contributed by atoms with Crippen LogP contribution in [-0.2, 0) is 6.61 Å². The Morgan fingerprint density at radius 2 is 1.85 bits per heavy atom. The van der Waals surface area contributed by atoms with E-state index in [0.29, 0.717) is 23.1 Å². The molecule has 2 N–H and O–H groups in total. The molecule has 0 spiro atoms. The average Bonchev–Trinajstić information content (AvgIpc) is 2.46. The summed E-state index contributed by atoms with van der Waals surface area (Å²) >= 11 is 5.76. The summed E-state index contributed by atoms with van der Waals surface area (Å²) in [6.07, 6.45) is 1.43. The van der Waals surface area contributed by atoms with E-state index in [2.05, 4.69) is 4.98 Å². The molecule has 0 aliphatic rings. The molecular weight excluding hydrogens is 282 g/mol. The summed E-state index contributed by atoms with van der Waals surface area (Å²) in [5, 5.41) is 9.51. The van der Waals surface area contributed by atoms with E-state index in [0.717, 1.165) is 0 Å². The van der Waals surface area contributed by atoms with Gasteiger partial charge in [-0.05, 0) is 24.3 Å². The lowest BCUT2D eigenvalue weighted by atomic mass is 10.3. The molecule has 0 saturated heterocycles. The van der Waals surface area contributed by atoms with Crippen LogP contribution < -0.4 is 14.9 Å². The van der Waals surface area contributed by atoms with Crippen LogP contribution in [-0.4, -0.2) is 23.3 Å². The molecule has 0 bridgehead atoms. The number of aliphatic hydroxyl groups is 1. The summed E-state index contributed by atoms with van der Waals surface area (Å²) < 4.78 is 10.7. The second-order valence-electron chi connectivity index (χ2n) is 4.00.